The predicted octanol–water partition coefficient (Wildman–Crippen LogP) is 1.74. The summed E-state index contributed by atoms with van der Waals surface area (Å²) in [5.74, 6) is -0.0146. The van der Waals surface area contributed by atoms with Crippen molar-refractivity contribution in [2.75, 3.05) is 12.8 Å². The summed E-state index contributed by atoms with van der Waals surface area (Å²) in [6.07, 6.45) is 1.48. The maximum absolute atomic E-state index is 12.5. The normalized spacial score (nSPS) is 10.7. The summed E-state index contributed by atoms with van der Waals surface area (Å²) < 4.78 is 6.95. The Hall–Kier alpha value is -3.28. The standard InChI is InChI=1S/C18H17N3O3/c1-24-12-7-5-11(6-8-12)9-21-10-13(18(20)23)17(22)16-14(19)3-2-4-15(16)21/h2-8,10H,9,19H2,1H3,(H2,20,23). The molecule has 4 N–H and O–H groups in total. The van der Waals surface area contributed by atoms with Gasteiger partial charge in [0.1, 0.15) is 11.3 Å². The minimum atomic E-state index is -0.770. The van der Waals surface area contributed by atoms with Gasteiger partial charge < -0.3 is 20.8 Å². The molecule has 2 aromatic carbocycles. The molecule has 0 atom stereocenters. The van der Waals surface area contributed by atoms with Crippen LogP contribution >= 0.6 is 0 Å². The number of hydrogen-bond acceptors (Lipinski definition) is 4. The minimum absolute atomic E-state index is 0.0751. The number of benzene rings is 2. The van der Waals surface area contributed by atoms with E-state index in [4.69, 9.17) is 16.2 Å². The molecule has 0 radical (unpaired) electrons. The van der Waals surface area contributed by atoms with E-state index in [1.54, 1.807) is 29.9 Å². The molecular formula is C18H17N3O3. The van der Waals surface area contributed by atoms with E-state index in [1.165, 1.54) is 6.20 Å². The van der Waals surface area contributed by atoms with Crippen molar-refractivity contribution in [1.82, 2.24) is 4.57 Å². The van der Waals surface area contributed by atoms with Crippen LogP contribution in [0.1, 0.15) is 15.9 Å². The lowest BCUT2D eigenvalue weighted by Gasteiger charge is -2.14. The molecule has 6 nitrogen and oxygen atoms in total. The summed E-state index contributed by atoms with van der Waals surface area (Å²) in [5.41, 5.74) is 12.7. The lowest BCUT2D eigenvalue weighted by molar-refractivity contribution is 0.0999. The number of anilines is 1. The third-order valence-electron chi connectivity index (χ3n) is 3.92. The average molecular weight is 323 g/mol. The van der Waals surface area contributed by atoms with Crippen molar-refractivity contribution in [1.29, 1.82) is 0 Å². The van der Waals surface area contributed by atoms with Crippen LogP contribution in [0.4, 0.5) is 5.69 Å². The Labute approximate surface area is 138 Å². The number of carbonyl (C=O) groups excluding carboxylic acids is 1. The van der Waals surface area contributed by atoms with Crippen molar-refractivity contribution in [2.24, 2.45) is 5.73 Å². The minimum Gasteiger partial charge on any atom is -0.497 e. The number of aromatic nitrogens is 1. The van der Waals surface area contributed by atoms with E-state index < -0.39 is 11.3 Å². The highest BCUT2D eigenvalue weighted by molar-refractivity contribution is 5.99. The number of hydrogen-bond donors (Lipinski definition) is 2. The van der Waals surface area contributed by atoms with E-state index in [2.05, 4.69) is 0 Å². The molecule has 3 aromatic rings. The number of nitrogens with zero attached hydrogens (tertiary/aromatic N) is 1. The Morgan fingerprint density at radius 1 is 1.17 bits per heavy atom. The molecule has 0 fully saturated rings. The van der Waals surface area contributed by atoms with Gasteiger partial charge in [-0.05, 0) is 29.8 Å². The third-order valence-corrected chi connectivity index (χ3v) is 3.92. The molecule has 1 heterocycles. The van der Waals surface area contributed by atoms with Gasteiger partial charge in [0.2, 0.25) is 5.43 Å². The molecule has 0 unspecified atom stereocenters. The molecule has 1 aromatic heterocycles. The Balaban J connectivity index is 2.19. The largest absolute Gasteiger partial charge is 0.497 e. The van der Waals surface area contributed by atoms with Gasteiger partial charge >= 0.3 is 0 Å². The second kappa shape index (κ2) is 6.08. The van der Waals surface area contributed by atoms with Crippen molar-refractivity contribution in [2.45, 2.75) is 6.54 Å². The first-order valence-corrected chi connectivity index (χ1v) is 7.35. The maximum atomic E-state index is 12.5. The second-order valence-electron chi connectivity index (χ2n) is 5.45. The zero-order valence-corrected chi connectivity index (χ0v) is 13.2. The summed E-state index contributed by atoms with van der Waals surface area (Å²) in [4.78, 5) is 24.1. The van der Waals surface area contributed by atoms with Gasteiger partial charge in [0.05, 0.1) is 18.0 Å². The average Bonchev–Trinajstić information content (AvgIpc) is 2.57. The van der Waals surface area contributed by atoms with Crippen LogP contribution in [0, 0.1) is 0 Å². The zero-order chi connectivity index (χ0) is 17.3. The van der Waals surface area contributed by atoms with Crippen molar-refractivity contribution in [3.05, 3.63) is 70.0 Å². The van der Waals surface area contributed by atoms with Crippen LogP contribution in [0.25, 0.3) is 10.9 Å². The molecule has 0 spiro atoms. The summed E-state index contributed by atoms with van der Waals surface area (Å²) >= 11 is 0. The first-order chi connectivity index (χ1) is 11.5. The van der Waals surface area contributed by atoms with Crippen molar-refractivity contribution >= 4 is 22.5 Å². The van der Waals surface area contributed by atoms with Gasteiger partial charge in [-0.3, -0.25) is 9.59 Å². The summed E-state index contributed by atoms with van der Waals surface area (Å²) in [7, 11) is 1.60. The topological polar surface area (TPSA) is 100 Å². The maximum Gasteiger partial charge on any atom is 0.254 e. The van der Waals surface area contributed by atoms with E-state index >= 15 is 0 Å². The number of carbonyl (C=O) groups is 1. The van der Waals surface area contributed by atoms with Crippen LogP contribution in [0.5, 0.6) is 5.75 Å². The quantitative estimate of drug-likeness (QED) is 0.714. The molecule has 0 aliphatic rings. The molecule has 0 aliphatic carbocycles. The van der Waals surface area contributed by atoms with E-state index in [0.717, 1.165) is 11.3 Å². The molecule has 0 saturated heterocycles. The number of amides is 1. The van der Waals surface area contributed by atoms with Crippen molar-refractivity contribution < 1.29 is 9.53 Å². The number of fused-ring (bicyclic) bond motifs is 1. The predicted molar refractivity (Wildman–Crippen MR) is 93.2 cm³/mol. The Morgan fingerprint density at radius 2 is 1.88 bits per heavy atom. The molecular weight excluding hydrogens is 306 g/mol. The fourth-order valence-corrected chi connectivity index (χ4v) is 2.70. The lowest BCUT2D eigenvalue weighted by atomic mass is 10.1. The van der Waals surface area contributed by atoms with E-state index in [1.807, 2.05) is 24.3 Å². The highest BCUT2D eigenvalue weighted by atomic mass is 16.5. The van der Waals surface area contributed by atoms with E-state index in [0.29, 0.717) is 23.1 Å². The molecule has 0 bridgehead atoms. The second-order valence-corrected chi connectivity index (χ2v) is 5.45. The molecule has 1 amide bonds. The van der Waals surface area contributed by atoms with E-state index in [-0.39, 0.29) is 5.56 Å². The van der Waals surface area contributed by atoms with Gasteiger partial charge in [-0.1, -0.05) is 18.2 Å². The van der Waals surface area contributed by atoms with Crippen molar-refractivity contribution in [3.8, 4) is 5.75 Å². The lowest BCUT2D eigenvalue weighted by Crippen LogP contribution is -2.25. The molecule has 3 rings (SSSR count). The molecule has 0 aliphatic heterocycles. The Kier molecular flexibility index (Phi) is 3.95. The number of ether oxygens (including phenoxy) is 1. The molecule has 0 saturated carbocycles. The summed E-state index contributed by atoms with van der Waals surface area (Å²) in [6, 6.07) is 12.7. The third kappa shape index (κ3) is 2.69. The number of nitrogens with two attached hydrogens (primary N) is 2. The number of rotatable bonds is 4. The van der Waals surface area contributed by atoms with Crippen LogP contribution in [0.2, 0.25) is 0 Å². The Morgan fingerprint density at radius 3 is 2.50 bits per heavy atom. The molecule has 6 heteroatoms. The smallest absolute Gasteiger partial charge is 0.254 e. The van der Waals surface area contributed by atoms with Gasteiger partial charge in [0.15, 0.2) is 0 Å². The fraction of sp³-hybridized carbons (Fsp3) is 0.111. The fourth-order valence-electron chi connectivity index (χ4n) is 2.70. The zero-order valence-electron chi connectivity index (χ0n) is 13.2. The number of methoxy groups -OCH3 is 1. The highest BCUT2D eigenvalue weighted by Gasteiger charge is 2.15. The van der Waals surface area contributed by atoms with Crippen molar-refractivity contribution in [3.63, 3.8) is 0 Å². The van der Waals surface area contributed by atoms with Crippen LogP contribution in [0.3, 0.4) is 0 Å². The monoisotopic (exact) mass is 323 g/mol. The first-order valence-electron chi connectivity index (χ1n) is 7.35. The number of primary amides is 1. The summed E-state index contributed by atoms with van der Waals surface area (Å²) in [5, 5.41) is 0.308. The Bertz CT molecular complexity index is 975. The van der Waals surface area contributed by atoms with Gasteiger partial charge in [0.25, 0.3) is 5.91 Å². The SMILES string of the molecule is COc1ccc(Cn2cc(C(N)=O)c(=O)c3c(N)cccc32)cc1. The van der Waals surface area contributed by atoms with Gasteiger partial charge in [-0.25, -0.2) is 0 Å². The van der Waals surface area contributed by atoms with Crippen LogP contribution in [-0.2, 0) is 6.54 Å². The van der Waals surface area contributed by atoms with Gasteiger partial charge in [-0.2, -0.15) is 0 Å². The highest BCUT2D eigenvalue weighted by Crippen LogP contribution is 2.20. The van der Waals surface area contributed by atoms with Gasteiger partial charge in [0, 0.05) is 18.4 Å². The van der Waals surface area contributed by atoms with E-state index in [9.17, 15) is 9.59 Å². The molecule has 122 valence electrons. The number of nitrogen functional groups attached to an aromatic ring is 1. The number of pyridine rings is 1. The summed E-state index contributed by atoms with van der Waals surface area (Å²) in [6.45, 7) is 0.463. The first kappa shape index (κ1) is 15.6. The van der Waals surface area contributed by atoms with Crippen LogP contribution < -0.4 is 21.6 Å². The van der Waals surface area contributed by atoms with Crippen LogP contribution in [-0.4, -0.2) is 17.6 Å². The molecule has 24 heavy (non-hydrogen) atoms. The van der Waals surface area contributed by atoms with Crippen LogP contribution in [0.15, 0.2) is 53.5 Å². The van der Waals surface area contributed by atoms with Gasteiger partial charge in [-0.15, -0.1) is 0 Å².